The van der Waals surface area contributed by atoms with Crippen LogP contribution in [0.1, 0.15) is 40.0 Å². The van der Waals surface area contributed by atoms with Crippen molar-refractivity contribution >= 4 is 11.7 Å². The van der Waals surface area contributed by atoms with Gasteiger partial charge in [0.05, 0.1) is 0 Å². The summed E-state index contributed by atoms with van der Waals surface area (Å²) in [6.45, 7) is 5.67. The Balaban J connectivity index is 3.70. The van der Waals surface area contributed by atoms with Gasteiger partial charge < -0.3 is 5.32 Å². The molecule has 0 heterocycles. The molecule has 0 aliphatic heterocycles. The Labute approximate surface area is 73.5 Å². The van der Waals surface area contributed by atoms with Crippen molar-refractivity contribution in [3.63, 3.8) is 0 Å². The summed E-state index contributed by atoms with van der Waals surface area (Å²) in [7, 11) is 0. The van der Waals surface area contributed by atoms with E-state index in [1.54, 1.807) is 0 Å². The highest BCUT2D eigenvalue weighted by Crippen LogP contribution is 1.95. The van der Waals surface area contributed by atoms with Crippen LogP contribution < -0.4 is 5.32 Å². The van der Waals surface area contributed by atoms with Crippen molar-refractivity contribution in [1.29, 1.82) is 0 Å². The second-order valence-electron chi connectivity index (χ2n) is 3.15. The summed E-state index contributed by atoms with van der Waals surface area (Å²) in [6, 6.07) is 0.0445. The SMILES string of the molecule is CCCCC(=O)C(=O)NC(C)C. The van der Waals surface area contributed by atoms with Crippen molar-refractivity contribution in [3.8, 4) is 0 Å². The summed E-state index contributed by atoms with van der Waals surface area (Å²) in [4.78, 5) is 22.0. The van der Waals surface area contributed by atoms with Gasteiger partial charge >= 0.3 is 0 Å². The van der Waals surface area contributed by atoms with E-state index in [4.69, 9.17) is 0 Å². The molecule has 0 saturated carbocycles. The molecule has 0 aliphatic rings. The van der Waals surface area contributed by atoms with Gasteiger partial charge in [0, 0.05) is 12.5 Å². The minimum Gasteiger partial charge on any atom is -0.347 e. The predicted octanol–water partition coefficient (Wildman–Crippen LogP) is 1.27. The van der Waals surface area contributed by atoms with Crippen LogP contribution in [0.25, 0.3) is 0 Å². The fraction of sp³-hybridized carbons (Fsp3) is 0.778. The van der Waals surface area contributed by atoms with Crippen LogP contribution in [0.3, 0.4) is 0 Å². The topological polar surface area (TPSA) is 46.2 Å². The van der Waals surface area contributed by atoms with Gasteiger partial charge in [-0.2, -0.15) is 0 Å². The molecule has 70 valence electrons. The summed E-state index contributed by atoms with van der Waals surface area (Å²) < 4.78 is 0. The molecule has 3 nitrogen and oxygen atoms in total. The van der Waals surface area contributed by atoms with Gasteiger partial charge in [-0.05, 0) is 20.3 Å². The lowest BCUT2D eigenvalue weighted by atomic mass is 10.2. The van der Waals surface area contributed by atoms with Crippen molar-refractivity contribution < 1.29 is 9.59 Å². The number of amides is 1. The molecule has 0 fully saturated rings. The van der Waals surface area contributed by atoms with E-state index < -0.39 is 5.91 Å². The molecular formula is C9H17NO2. The Kier molecular flexibility index (Phi) is 5.34. The van der Waals surface area contributed by atoms with Crippen molar-refractivity contribution in [2.45, 2.75) is 46.1 Å². The number of nitrogens with one attached hydrogen (secondary N) is 1. The number of ketones is 1. The van der Waals surface area contributed by atoms with Crippen LogP contribution in [0.2, 0.25) is 0 Å². The van der Waals surface area contributed by atoms with E-state index in [9.17, 15) is 9.59 Å². The fourth-order valence-electron chi connectivity index (χ4n) is 0.794. The third kappa shape index (κ3) is 4.88. The smallest absolute Gasteiger partial charge is 0.287 e. The molecule has 0 aliphatic carbocycles. The van der Waals surface area contributed by atoms with Gasteiger partial charge in [-0.15, -0.1) is 0 Å². The minimum absolute atomic E-state index is 0.0445. The van der Waals surface area contributed by atoms with Crippen LogP contribution >= 0.6 is 0 Å². The highest BCUT2D eigenvalue weighted by molar-refractivity contribution is 6.36. The molecule has 3 heteroatoms. The molecule has 12 heavy (non-hydrogen) atoms. The van der Waals surface area contributed by atoms with Crippen LogP contribution in [0, 0.1) is 0 Å². The van der Waals surface area contributed by atoms with Crippen molar-refractivity contribution in [2.75, 3.05) is 0 Å². The minimum atomic E-state index is -0.446. The third-order valence-corrected chi connectivity index (χ3v) is 1.43. The lowest BCUT2D eigenvalue weighted by Gasteiger charge is -2.06. The van der Waals surface area contributed by atoms with Crippen LogP contribution in [0.4, 0.5) is 0 Å². The van der Waals surface area contributed by atoms with Gasteiger partial charge in [0.2, 0.25) is 5.78 Å². The molecule has 0 aromatic rings. The second kappa shape index (κ2) is 5.75. The number of hydrogen-bond donors (Lipinski definition) is 1. The third-order valence-electron chi connectivity index (χ3n) is 1.43. The van der Waals surface area contributed by atoms with Crippen LogP contribution in [0.15, 0.2) is 0 Å². The highest BCUT2D eigenvalue weighted by Gasteiger charge is 2.12. The molecular weight excluding hydrogens is 154 g/mol. The summed E-state index contributed by atoms with van der Waals surface area (Å²) in [5, 5.41) is 2.56. The Hall–Kier alpha value is -0.860. The number of hydrogen-bond acceptors (Lipinski definition) is 2. The second-order valence-corrected chi connectivity index (χ2v) is 3.15. The maximum Gasteiger partial charge on any atom is 0.287 e. The maximum absolute atomic E-state index is 11.0. The summed E-state index contributed by atoms with van der Waals surface area (Å²) in [5.74, 6) is -0.746. The maximum atomic E-state index is 11.0. The fourth-order valence-corrected chi connectivity index (χ4v) is 0.794. The Morgan fingerprint density at radius 3 is 2.33 bits per heavy atom. The van der Waals surface area contributed by atoms with Crippen LogP contribution in [-0.4, -0.2) is 17.7 Å². The number of Topliss-reactive ketones (excluding diaryl/α,β-unsaturated/α-hetero) is 1. The van der Waals surface area contributed by atoms with Crippen molar-refractivity contribution in [1.82, 2.24) is 5.32 Å². The first kappa shape index (κ1) is 11.1. The monoisotopic (exact) mass is 171 g/mol. The van der Waals surface area contributed by atoms with Crippen LogP contribution in [-0.2, 0) is 9.59 Å². The van der Waals surface area contributed by atoms with Gasteiger partial charge in [0.1, 0.15) is 0 Å². The normalized spacial score (nSPS) is 10.0. The lowest BCUT2D eigenvalue weighted by molar-refractivity contribution is -0.138. The van der Waals surface area contributed by atoms with Gasteiger partial charge in [0.15, 0.2) is 0 Å². The summed E-state index contributed by atoms with van der Waals surface area (Å²) in [6.07, 6.45) is 2.11. The number of carbonyl (C=O) groups is 2. The molecule has 0 atom stereocenters. The standard InChI is InChI=1S/C9H17NO2/c1-4-5-6-8(11)9(12)10-7(2)3/h7H,4-6H2,1-3H3,(H,10,12). The molecule has 0 saturated heterocycles. The zero-order valence-electron chi connectivity index (χ0n) is 8.02. The molecule has 1 N–H and O–H groups in total. The first-order valence-corrected chi connectivity index (χ1v) is 4.41. The predicted molar refractivity (Wildman–Crippen MR) is 47.8 cm³/mol. The Morgan fingerprint density at radius 1 is 1.33 bits per heavy atom. The molecule has 1 amide bonds. The van der Waals surface area contributed by atoms with E-state index >= 15 is 0 Å². The first-order chi connectivity index (χ1) is 5.57. The van der Waals surface area contributed by atoms with Gasteiger partial charge in [0.25, 0.3) is 5.91 Å². The zero-order chi connectivity index (χ0) is 9.56. The molecule has 0 spiro atoms. The van der Waals surface area contributed by atoms with Crippen LogP contribution in [0.5, 0.6) is 0 Å². The van der Waals surface area contributed by atoms with E-state index in [0.29, 0.717) is 6.42 Å². The average Bonchev–Trinajstić information content (AvgIpc) is 1.98. The van der Waals surface area contributed by atoms with E-state index in [2.05, 4.69) is 5.32 Å². The number of rotatable bonds is 5. The summed E-state index contributed by atoms with van der Waals surface area (Å²) >= 11 is 0. The lowest BCUT2D eigenvalue weighted by Crippen LogP contribution is -2.35. The molecule has 0 rings (SSSR count). The average molecular weight is 171 g/mol. The first-order valence-electron chi connectivity index (χ1n) is 4.41. The van der Waals surface area contributed by atoms with E-state index in [1.807, 2.05) is 20.8 Å². The van der Waals surface area contributed by atoms with E-state index in [0.717, 1.165) is 12.8 Å². The van der Waals surface area contributed by atoms with Gasteiger partial charge in [-0.1, -0.05) is 13.3 Å². The molecule has 0 bridgehead atoms. The summed E-state index contributed by atoms with van der Waals surface area (Å²) in [5.41, 5.74) is 0. The number of carbonyl (C=O) groups excluding carboxylic acids is 2. The van der Waals surface area contributed by atoms with Crippen molar-refractivity contribution in [3.05, 3.63) is 0 Å². The number of unbranched alkanes of at least 4 members (excludes halogenated alkanes) is 1. The van der Waals surface area contributed by atoms with Gasteiger partial charge in [-0.3, -0.25) is 9.59 Å². The van der Waals surface area contributed by atoms with E-state index in [-0.39, 0.29) is 11.8 Å². The molecule has 0 unspecified atom stereocenters. The van der Waals surface area contributed by atoms with E-state index in [1.165, 1.54) is 0 Å². The van der Waals surface area contributed by atoms with Crippen molar-refractivity contribution in [2.24, 2.45) is 0 Å². The Morgan fingerprint density at radius 2 is 1.92 bits per heavy atom. The molecule has 0 radical (unpaired) electrons. The molecule has 0 aromatic carbocycles. The largest absolute Gasteiger partial charge is 0.347 e. The molecule has 0 aromatic heterocycles. The quantitative estimate of drug-likeness (QED) is 0.633. The zero-order valence-corrected chi connectivity index (χ0v) is 8.02. The van der Waals surface area contributed by atoms with Gasteiger partial charge in [-0.25, -0.2) is 0 Å². The highest BCUT2D eigenvalue weighted by atomic mass is 16.2. The Bertz CT molecular complexity index is 164.